The van der Waals surface area contributed by atoms with E-state index in [9.17, 15) is 24.0 Å². The Bertz CT molecular complexity index is 975. The third-order valence-corrected chi connectivity index (χ3v) is 8.19. The third-order valence-electron chi connectivity index (χ3n) is 8.19. The molecule has 234 valence electrons. The number of rotatable bonds is 10. The summed E-state index contributed by atoms with van der Waals surface area (Å²) in [5, 5.41) is 5.87. The number of likely N-dealkylation sites (N-methyl/N-ethyl adjacent to an activating group) is 2. The molecule has 0 spiro atoms. The minimum absolute atomic E-state index is 0.171. The number of nitrogens with zero attached hydrogens (tertiary/aromatic N) is 4. The number of hydrogen-bond donors (Lipinski definition) is 2. The van der Waals surface area contributed by atoms with E-state index < -0.39 is 35.7 Å². The van der Waals surface area contributed by atoms with E-state index in [1.807, 2.05) is 48.5 Å². The van der Waals surface area contributed by atoms with Crippen LogP contribution in [0.3, 0.4) is 0 Å². The minimum Gasteiger partial charge on any atom is -0.350 e. The summed E-state index contributed by atoms with van der Waals surface area (Å²) in [5.41, 5.74) is -0.414. The average Bonchev–Trinajstić information content (AvgIpc) is 3.54. The van der Waals surface area contributed by atoms with Crippen molar-refractivity contribution in [3.63, 3.8) is 0 Å². The lowest BCUT2D eigenvalue weighted by Gasteiger charge is -2.38. The Morgan fingerprint density at radius 1 is 0.805 bits per heavy atom. The molecule has 5 atom stereocenters. The van der Waals surface area contributed by atoms with Gasteiger partial charge in [-0.3, -0.25) is 28.9 Å². The van der Waals surface area contributed by atoms with Crippen molar-refractivity contribution in [2.75, 3.05) is 34.2 Å². The fourth-order valence-electron chi connectivity index (χ4n) is 5.68. The first-order valence-corrected chi connectivity index (χ1v) is 15.1. The van der Waals surface area contributed by atoms with Gasteiger partial charge in [0.1, 0.15) is 24.2 Å². The van der Waals surface area contributed by atoms with Crippen molar-refractivity contribution in [1.29, 1.82) is 0 Å². The molecule has 41 heavy (non-hydrogen) atoms. The standard InChI is InChI=1S/C30H54N6O5/c1-18(2)23(31-25(37)20(5)33(9)10)28(40)34(11)24(19(3)4)29(41)36-17-13-15-22(36)27(39)35-16-12-14-21(35)26(38)32-30(6,7)8/h18-24H,12-17H2,1-11H3,(H,31,37)(H,32,38)/t20-,21-,22-,23?,24-/m0/s1. The van der Waals surface area contributed by atoms with Crippen molar-refractivity contribution < 1.29 is 24.0 Å². The van der Waals surface area contributed by atoms with Crippen LogP contribution in [0.5, 0.6) is 0 Å². The molecule has 2 heterocycles. The lowest BCUT2D eigenvalue weighted by atomic mass is 9.97. The van der Waals surface area contributed by atoms with Crippen LogP contribution in [0.2, 0.25) is 0 Å². The van der Waals surface area contributed by atoms with Gasteiger partial charge >= 0.3 is 0 Å². The van der Waals surface area contributed by atoms with Crippen LogP contribution in [-0.2, 0) is 24.0 Å². The summed E-state index contributed by atoms with van der Waals surface area (Å²) in [5.74, 6) is -1.68. The minimum atomic E-state index is -0.807. The van der Waals surface area contributed by atoms with Gasteiger partial charge in [0, 0.05) is 25.7 Å². The van der Waals surface area contributed by atoms with Crippen molar-refractivity contribution in [3.05, 3.63) is 0 Å². The van der Waals surface area contributed by atoms with E-state index in [2.05, 4.69) is 10.6 Å². The Labute approximate surface area is 246 Å². The molecule has 0 bridgehead atoms. The fourth-order valence-corrected chi connectivity index (χ4v) is 5.68. The Morgan fingerprint density at radius 3 is 1.83 bits per heavy atom. The molecule has 1 unspecified atom stereocenters. The average molecular weight is 579 g/mol. The van der Waals surface area contributed by atoms with Crippen LogP contribution in [0.1, 0.15) is 81.1 Å². The molecule has 11 nitrogen and oxygen atoms in total. The molecule has 0 aromatic rings. The quantitative estimate of drug-likeness (QED) is 0.405. The highest BCUT2D eigenvalue weighted by Crippen LogP contribution is 2.28. The van der Waals surface area contributed by atoms with Gasteiger partial charge in [-0.05, 0) is 79.3 Å². The summed E-state index contributed by atoms with van der Waals surface area (Å²) < 4.78 is 0. The van der Waals surface area contributed by atoms with Gasteiger partial charge in [-0.15, -0.1) is 0 Å². The van der Waals surface area contributed by atoms with Gasteiger partial charge in [-0.25, -0.2) is 0 Å². The van der Waals surface area contributed by atoms with Gasteiger partial charge in [-0.2, -0.15) is 0 Å². The molecular formula is C30H54N6O5. The van der Waals surface area contributed by atoms with E-state index in [4.69, 9.17) is 0 Å². The lowest BCUT2D eigenvalue weighted by molar-refractivity contribution is -0.153. The maximum atomic E-state index is 14.1. The van der Waals surface area contributed by atoms with E-state index in [-0.39, 0.29) is 41.4 Å². The molecule has 0 aliphatic carbocycles. The maximum absolute atomic E-state index is 14.1. The predicted molar refractivity (Wildman–Crippen MR) is 159 cm³/mol. The fraction of sp³-hybridized carbons (Fsp3) is 0.833. The van der Waals surface area contributed by atoms with E-state index in [1.165, 1.54) is 4.90 Å². The topological polar surface area (TPSA) is 122 Å². The second-order valence-electron chi connectivity index (χ2n) is 13.6. The summed E-state index contributed by atoms with van der Waals surface area (Å²) in [7, 11) is 5.19. The SMILES string of the molecule is CC(C)C(NC(=O)[C@H](C)N(C)C)C(=O)N(C)[C@H](C(=O)N1CCC[C@H]1C(=O)N1CCC[C@H]1C(=O)NC(C)(C)C)C(C)C. The van der Waals surface area contributed by atoms with Crippen LogP contribution in [0.15, 0.2) is 0 Å². The van der Waals surface area contributed by atoms with Gasteiger partial charge < -0.3 is 25.3 Å². The van der Waals surface area contributed by atoms with E-state index in [1.54, 1.807) is 42.8 Å². The Kier molecular flexibility index (Phi) is 11.8. The molecule has 2 saturated heterocycles. The second-order valence-corrected chi connectivity index (χ2v) is 13.6. The van der Waals surface area contributed by atoms with Gasteiger partial charge in [0.2, 0.25) is 29.5 Å². The number of carbonyl (C=O) groups is 5. The second kappa shape index (κ2) is 14.0. The van der Waals surface area contributed by atoms with Gasteiger partial charge in [-0.1, -0.05) is 27.7 Å². The van der Waals surface area contributed by atoms with Crippen LogP contribution in [0.4, 0.5) is 0 Å². The van der Waals surface area contributed by atoms with E-state index >= 15 is 0 Å². The zero-order valence-electron chi connectivity index (χ0n) is 27.1. The smallest absolute Gasteiger partial charge is 0.246 e. The van der Waals surface area contributed by atoms with Crippen LogP contribution >= 0.6 is 0 Å². The molecule has 2 rings (SSSR count). The Balaban J connectivity index is 2.25. The molecule has 0 aromatic heterocycles. The molecule has 5 amide bonds. The van der Waals surface area contributed by atoms with E-state index in [0.29, 0.717) is 32.4 Å². The van der Waals surface area contributed by atoms with Crippen molar-refractivity contribution in [1.82, 2.24) is 30.2 Å². The molecule has 0 saturated carbocycles. The van der Waals surface area contributed by atoms with Crippen LogP contribution in [0, 0.1) is 11.8 Å². The normalized spacial score (nSPS) is 21.7. The molecule has 11 heteroatoms. The van der Waals surface area contributed by atoms with Crippen LogP contribution in [0.25, 0.3) is 0 Å². The van der Waals surface area contributed by atoms with Crippen molar-refractivity contribution in [2.24, 2.45) is 11.8 Å². The first kappa shape index (κ1) is 34.5. The Morgan fingerprint density at radius 2 is 1.34 bits per heavy atom. The molecule has 2 fully saturated rings. The summed E-state index contributed by atoms with van der Waals surface area (Å²) in [6.45, 7) is 15.9. The van der Waals surface area contributed by atoms with Gasteiger partial charge in [0.25, 0.3) is 0 Å². The molecule has 0 radical (unpaired) electrons. The molecule has 2 aliphatic heterocycles. The first-order chi connectivity index (χ1) is 18.9. The predicted octanol–water partition coefficient (Wildman–Crippen LogP) is 1.46. The highest BCUT2D eigenvalue weighted by atomic mass is 16.2. The molecule has 2 aliphatic rings. The molecule has 2 N–H and O–H groups in total. The van der Waals surface area contributed by atoms with Crippen LogP contribution < -0.4 is 10.6 Å². The number of likely N-dealkylation sites (tertiary alicyclic amines) is 2. The third kappa shape index (κ3) is 8.42. The first-order valence-electron chi connectivity index (χ1n) is 15.1. The highest BCUT2D eigenvalue weighted by Gasteiger charge is 2.45. The monoisotopic (exact) mass is 578 g/mol. The highest BCUT2D eigenvalue weighted by molar-refractivity contribution is 5.96. The number of carbonyl (C=O) groups excluding carboxylic acids is 5. The number of amides is 5. The van der Waals surface area contributed by atoms with Gasteiger partial charge in [0.05, 0.1) is 6.04 Å². The van der Waals surface area contributed by atoms with Gasteiger partial charge in [0.15, 0.2) is 0 Å². The summed E-state index contributed by atoms with van der Waals surface area (Å²) in [6.07, 6.45) is 2.51. The Hall–Kier alpha value is -2.69. The largest absolute Gasteiger partial charge is 0.350 e. The number of nitrogens with one attached hydrogen (secondary N) is 2. The molecule has 0 aromatic carbocycles. The lowest BCUT2D eigenvalue weighted by Crippen LogP contribution is -2.61. The molecular weight excluding hydrogens is 524 g/mol. The summed E-state index contributed by atoms with van der Waals surface area (Å²) in [6, 6.07) is -3.25. The van der Waals surface area contributed by atoms with E-state index in [0.717, 1.165) is 6.42 Å². The summed E-state index contributed by atoms with van der Waals surface area (Å²) in [4.78, 5) is 73.8. The maximum Gasteiger partial charge on any atom is 0.246 e. The van der Waals surface area contributed by atoms with Crippen molar-refractivity contribution in [3.8, 4) is 0 Å². The zero-order valence-corrected chi connectivity index (χ0v) is 27.1. The van der Waals surface area contributed by atoms with Crippen molar-refractivity contribution >= 4 is 29.5 Å². The van der Waals surface area contributed by atoms with Crippen molar-refractivity contribution in [2.45, 2.75) is 117 Å². The summed E-state index contributed by atoms with van der Waals surface area (Å²) >= 11 is 0. The van der Waals surface area contributed by atoms with Crippen LogP contribution in [-0.4, -0.2) is 119 Å². The zero-order chi connectivity index (χ0) is 31.4. The number of hydrogen-bond acceptors (Lipinski definition) is 6.